The van der Waals surface area contributed by atoms with E-state index in [2.05, 4.69) is 10.6 Å². The SMILES string of the molecule is Cc1cc(-c2cccc(Cl)c2)ccc1NC(=O)C1CCC(=O)N1. The van der Waals surface area contributed by atoms with E-state index in [0.717, 1.165) is 22.4 Å². The third-order valence-electron chi connectivity index (χ3n) is 3.95. The molecular weight excluding hydrogens is 312 g/mol. The van der Waals surface area contributed by atoms with Gasteiger partial charge in [0.2, 0.25) is 11.8 Å². The van der Waals surface area contributed by atoms with Gasteiger partial charge in [-0.25, -0.2) is 0 Å². The molecule has 1 saturated heterocycles. The third-order valence-corrected chi connectivity index (χ3v) is 4.19. The van der Waals surface area contributed by atoms with Crippen molar-refractivity contribution in [1.29, 1.82) is 0 Å². The van der Waals surface area contributed by atoms with Crippen LogP contribution in [-0.2, 0) is 9.59 Å². The molecule has 1 atom stereocenters. The monoisotopic (exact) mass is 328 g/mol. The quantitative estimate of drug-likeness (QED) is 0.905. The molecule has 4 nitrogen and oxygen atoms in total. The van der Waals surface area contributed by atoms with Gasteiger partial charge in [-0.05, 0) is 54.3 Å². The molecule has 0 spiro atoms. The highest BCUT2D eigenvalue weighted by molar-refractivity contribution is 6.30. The van der Waals surface area contributed by atoms with Gasteiger partial charge >= 0.3 is 0 Å². The lowest BCUT2D eigenvalue weighted by molar-refractivity contribution is -0.122. The molecule has 1 heterocycles. The molecule has 0 aromatic heterocycles. The summed E-state index contributed by atoms with van der Waals surface area (Å²) in [6.45, 7) is 1.94. The lowest BCUT2D eigenvalue weighted by atomic mass is 10.0. The van der Waals surface area contributed by atoms with Gasteiger partial charge in [0, 0.05) is 17.1 Å². The van der Waals surface area contributed by atoms with E-state index in [0.29, 0.717) is 17.9 Å². The number of aryl methyl sites for hydroxylation is 1. The normalized spacial score (nSPS) is 17.0. The van der Waals surface area contributed by atoms with Crippen molar-refractivity contribution in [1.82, 2.24) is 5.32 Å². The Morgan fingerprint density at radius 2 is 2.00 bits per heavy atom. The van der Waals surface area contributed by atoms with E-state index in [1.807, 2.05) is 49.4 Å². The Morgan fingerprint density at radius 1 is 1.22 bits per heavy atom. The molecule has 2 aromatic rings. The molecule has 1 aliphatic rings. The highest BCUT2D eigenvalue weighted by atomic mass is 35.5. The van der Waals surface area contributed by atoms with Crippen LogP contribution in [0.2, 0.25) is 5.02 Å². The number of carbonyl (C=O) groups is 2. The van der Waals surface area contributed by atoms with Crippen LogP contribution < -0.4 is 10.6 Å². The molecular formula is C18H17ClN2O2. The third kappa shape index (κ3) is 3.54. The summed E-state index contributed by atoms with van der Waals surface area (Å²) in [5, 5.41) is 6.24. The summed E-state index contributed by atoms with van der Waals surface area (Å²) in [6, 6.07) is 13.0. The molecule has 0 bridgehead atoms. The zero-order valence-corrected chi connectivity index (χ0v) is 13.5. The molecule has 118 valence electrons. The van der Waals surface area contributed by atoms with Crippen molar-refractivity contribution >= 4 is 29.1 Å². The van der Waals surface area contributed by atoms with Gasteiger partial charge in [0.25, 0.3) is 0 Å². The number of hydrogen-bond donors (Lipinski definition) is 2. The number of halogens is 1. The Morgan fingerprint density at radius 3 is 2.65 bits per heavy atom. The first-order valence-electron chi connectivity index (χ1n) is 7.50. The van der Waals surface area contributed by atoms with Gasteiger partial charge in [-0.2, -0.15) is 0 Å². The topological polar surface area (TPSA) is 58.2 Å². The zero-order valence-electron chi connectivity index (χ0n) is 12.7. The van der Waals surface area contributed by atoms with Crippen LogP contribution in [0.15, 0.2) is 42.5 Å². The summed E-state index contributed by atoms with van der Waals surface area (Å²) in [5.74, 6) is -0.243. The largest absolute Gasteiger partial charge is 0.344 e. The Bertz CT molecular complexity index is 773. The average Bonchev–Trinajstić information content (AvgIpc) is 2.96. The van der Waals surface area contributed by atoms with Crippen LogP contribution in [0.4, 0.5) is 5.69 Å². The van der Waals surface area contributed by atoms with Crippen LogP contribution >= 0.6 is 11.6 Å². The fraction of sp³-hybridized carbons (Fsp3) is 0.222. The Balaban J connectivity index is 1.77. The standard InChI is InChI=1S/C18H17ClN2O2/c1-11-9-13(12-3-2-4-14(19)10-12)5-6-15(11)21-18(23)16-7-8-17(22)20-16/h2-6,9-10,16H,7-8H2,1H3,(H,20,22)(H,21,23). The van der Waals surface area contributed by atoms with Crippen LogP contribution in [0, 0.1) is 6.92 Å². The average molecular weight is 329 g/mol. The minimum Gasteiger partial charge on any atom is -0.344 e. The van der Waals surface area contributed by atoms with E-state index in [-0.39, 0.29) is 11.8 Å². The van der Waals surface area contributed by atoms with E-state index in [4.69, 9.17) is 11.6 Å². The summed E-state index contributed by atoms with van der Waals surface area (Å²) in [4.78, 5) is 23.4. The number of hydrogen-bond acceptors (Lipinski definition) is 2. The summed E-state index contributed by atoms with van der Waals surface area (Å²) >= 11 is 6.03. The van der Waals surface area contributed by atoms with Gasteiger partial charge in [-0.1, -0.05) is 29.8 Å². The highest BCUT2D eigenvalue weighted by Crippen LogP contribution is 2.27. The molecule has 0 aliphatic carbocycles. The van der Waals surface area contributed by atoms with Crippen molar-refractivity contribution in [2.45, 2.75) is 25.8 Å². The van der Waals surface area contributed by atoms with Gasteiger partial charge in [0.15, 0.2) is 0 Å². The maximum absolute atomic E-state index is 12.2. The lowest BCUT2D eigenvalue weighted by Crippen LogP contribution is -2.37. The van der Waals surface area contributed by atoms with Crippen LogP contribution in [0.3, 0.4) is 0 Å². The van der Waals surface area contributed by atoms with Crippen molar-refractivity contribution in [3.05, 3.63) is 53.1 Å². The van der Waals surface area contributed by atoms with Crippen molar-refractivity contribution in [2.24, 2.45) is 0 Å². The van der Waals surface area contributed by atoms with Crippen molar-refractivity contribution < 1.29 is 9.59 Å². The van der Waals surface area contributed by atoms with Gasteiger partial charge in [-0.3, -0.25) is 9.59 Å². The molecule has 2 amide bonds. The molecule has 1 aliphatic heterocycles. The Labute approximate surface area is 139 Å². The van der Waals surface area contributed by atoms with E-state index < -0.39 is 6.04 Å². The van der Waals surface area contributed by atoms with Gasteiger partial charge < -0.3 is 10.6 Å². The molecule has 1 unspecified atom stereocenters. The summed E-state index contributed by atoms with van der Waals surface area (Å²) in [5.41, 5.74) is 3.78. The molecule has 2 N–H and O–H groups in total. The fourth-order valence-electron chi connectivity index (χ4n) is 2.68. The smallest absolute Gasteiger partial charge is 0.246 e. The van der Waals surface area contributed by atoms with Gasteiger partial charge in [0.1, 0.15) is 6.04 Å². The van der Waals surface area contributed by atoms with Crippen LogP contribution in [0.5, 0.6) is 0 Å². The predicted octanol–water partition coefficient (Wildman–Crippen LogP) is 3.53. The lowest BCUT2D eigenvalue weighted by Gasteiger charge is -2.14. The van der Waals surface area contributed by atoms with E-state index >= 15 is 0 Å². The minimum absolute atomic E-state index is 0.0711. The van der Waals surface area contributed by atoms with Crippen molar-refractivity contribution in [3.8, 4) is 11.1 Å². The summed E-state index contributed by atoms with van der Waals surface area (Å²) < 4.78 is 0. The number of nitrogens with one attached hydrogen (secondary N) is 2. The summed E-state index contributed by atoms with van der Waals surface area (Å²) in [7, 11) is 0. The maximum atomic E-state index is 12.2. The highest BCUT2D eigenvalue weighted by Gasteiger charge is 2.27. The predicted molar refractivity (Wildman–Crippen MR) is 91.4 cm³/mol. The first-order chi connectivity index (χ1) is 11.0. The Hall–Kier alpha value is -2.33. The van der Waals surface area contributed by atoms with E-state index in [1.165, 1.54) is 0 Å². The maximum Gasteiger partial charge on any atom is 0.246 e. The number of rotatable bonds is 3. The first kappa shape index (κ1) is 15.6. The second-order valence-electron chi connectivity index (χ2n) is 5.69. The van der Waals surface area contributed by atoms with Crippen LogP contribution in [0.1, 0.15) is 18.4 Å². The molecule has 23 heavy (non-hydrogen) atoms. The molecule has 0 radical (unpaired) electrons. The molecule has 3 rings (SSSR count). The van der Waals surface area contributed by atoms with Crippen LogP contribution in [-0.4, -0.2) is 17.9 Å². The second-order valence-corrected chi connectivity index (χ2v) is 6.12. The number of benzene rings is 2. The van der Waals surface area contributed by atoms with Crippen LogP contribution in [0.25, 0.3) is 11.1 Å². The number of anilines is 1. The first-order valence-corrected chi connectivity index (χ1v) is 7.87. The summed E-state index contributed by atoms with van der Waals surface area (Å²) in [6.07, 6.45) is 0.953. The van der Waals surface area contributed by atoms with Gasteiger partial charge in [-0.15, -0.1) is 0 Å². The number of amides is 2. The Kier molecular flexibility index (Phi) is 4.35. The van der Waals surface area contributed by atoms with Crippen molar-refractivity contribution in [3.63, 3.8) is 0 Å². The van der Waals surface area contributed by atoms with Gasteiger partial charge in [0.05, 0.1) is 0 Å². The van der Waals surface area contributed by atoms with Crippen molar-refractivity contribution in [2.75, 3.05) is 5.32 Å². The second kappa shape index (κ2) is 6.42. The molecule has 5 heteroatoms. The van der Waals surface area contributed by atoms with E-state index in [1.54, 1.807) is 0 Å². The number of carbonyl (C=O) groups excluding carboxylic acids is 2. The fourth-order valence-corrected chi connectivity index (χ4v) is 2.87. The van der Waals surface area contributed by atoms with E-state index in [9.17, 15) is 9.59 Å². The zero-order chi connectivity index (χ0) is 16.4. The molecule has 1 fully saturated rings. The molecule has 2 aromatic carbocycles. The minimum atomic E-state index is -0.436. The molecule has 0 saturated carbocycles.